The summed E-state index contributed by atoms with van der Waals surface area (Å²) in [5.41, 5.74) is 4.21. The molecule has 0 fully saturated rings. The van der Waals surface area contributed by atoms with Crippen LogP contribution in [0.25, 0.3) is 11.3 Å². The van der Waals surface area contributed by atoms with Crippen molar-refractivity contribution in [3.8, 4) is 22.8 Å². The van der Waals surface area contributed by atoms with Gasteiger partial charge in [0.25, 0.3) is 0 Å². The molecule has 0 bridgehead atoms. The van der Waals surface area contributed by atoms with E-state index in [0.29, 0.717) is 0 Å². The van der Waals surface area contributed by atoms with Gasteiger partial charge in [-0.15, -0.1) is 0 Å². The highest BCUT2D eigenvalue weighted by atomic mass is 19.4. The Morgan fingerprint density at radius 1 is 1.21 bits per heavy atom. The third-order valence-corrected chi connectivity index (χ3v) is 2.62. The maximum Gasteiger partial charge on any atom is 0.417 e. The lowest BCUT2D eigenvalue weighted by molar-refractivity contribution is -0.137. The van der Waals surface area contributed by atoms with Crippen LogP contribution in [-0.4, -0.2) is 11.9 Å². The minimum absolute atomic E-state index is 0.0142. The van der Waals surface area contributed by atoms with Crippen molar-refractivity contribution in [1.29, 1.82) is 0 Å². The normalized spacial score (nSPS) is 13.8. The molecule has 0 unspecified atom stereocenters. The summed E-state index contributed by atoms with van der Waals surface area (Å²) in [6.45, 7) is -0.146. The average molecular weight is 272 g/mol. The molecule has 5 nitrogen and oxygen atoms in total. The maximum atomic E-state index is 13.0. The first-order valence-electron chi connectivity index (χ1n) is 5.19. The smallest absolute Gasteiger partial charge is 0.417 e. The number of fused-ring (bicyclic) bond motifs is 1. The van der Waals surface area contributed by atoms with Crippen molar-refractivity contribution in [2.24, 2.45) is 0 Å². The van der Waals surface area contributed by atoms with Crippen LogP contribution < -0.4 is 15.2 Å². The fourth-order valence-corrected chi connectivity index (χ4v) is 1.86. The third-order valence-electron chi connectivity index (χ3n) is 2.62. The van der Waals surface area contributed by atoms with Crippen LogP contribution in [0.3, 0.4) is 0 Å². The summed E-state index contributed by atoms with van der Waals surface area (Å²) in [5.74, 6) is 0.0655. The molecule has 1 aromatic heterocycles. The van der Waals surface area contributed by atoms with Crippen LogP contribution in [0.15, 0.2) is 22.7 Å². The van der Waals surface area contributed by atoms with E-state index in [-0.39, 0.29) is 35.4 Å². The molecule has 0 spiro atoms. The van der Waals surface area contributed by atoms with Crippen molar-refractivity contribution in [1.82, 2.24) is 5.16 Å². The average Bonchev–Trinajstić information content (AvgIpc) is 2.94. The first kappa shape index (κ1) is 11.7. The zero-order chi connectivity index (χ0) is 13.6. The molecule has 0 saturated carbocycles. The third kappa shape index (κ3) is 1.85. The summed E-state index contributed by atoms with van der Waals surface area (Å²) >= 11 is 0. The molecule has 0 saturated heterocycles. The lowest BCUT2D eigenvalue weighted by atomic mass is 10.0. The molecule has 3 rings (SSSR count). The highest BCUT2D eigenvalue weighted by Crippen LogP contribution is 2.48. The Hall–Kier alpha value is -2.38. The topological polar surface area (TPSA) is 70.5 Å². The Labute approximate surface area is 104 Å². The number of aromatic nitrogens is 1. The van der Waals surface area contributed by atoms with E-state index in [0.717, 1.165) is 6.07 Å². The van der Waals surface area contributed by atoms with Crippen molar-refractivity contribution >= 4 is 5.82 Å². The summed E-state index contributed by atoms with van der Waals surface area (Å²) in [4.78, 5) is 0. The lowest BCUT2D eigenvalue weighted by Crippen LogP contribution is -2.07. The number of ether oxygens (including phenoxy) is 2. The van der Waals surface area contributed by atoms with Gasteiger partial charge in [0.2, 0.25) is 6.79 Å². The number of alkyl halides is 3. The predicted octanol–water partition coefficient (Wildman–Crippen LogP) is 2.67. The summed E-state index contributed by atoms with van der Waals surface area (Å²) in [5, 5.41) is 3.38. The molecule has 8 heteroatoms. The van der Waals surface area contributed by atoms with E-state index in [2.05, 4.69) is 5.16 Å². The Bertz CT molecular complexity index is 637. The number of hydrogen-bond donors (Lipinski definition) is 1. The van der Waals surface area contributed by atoms with E-state index >= 15 is 0 Å². The molecule has 0 amide bonds. The standard InChI is InChI=1S/C11H7F3N2O3/c12-11(13,14)5-1-2-6-10(18-4-17-6)9(5)7-3-8(15)16-19-7/h1-3H,4H2,(H2,15,16). The molecule has 0 aliphatic carbocycles. The highest BCUT2D eigenvalue weighted by molar-refractivity contribution is 5.76. The molecule has 0 atom stereocenters. The number of nitrogens with two attached hydrogens (primary N) is 1. The van der Waals surface area contributed by atoms with Crippen molar-refractivity contribution in [2.75, 3.05) is 12.5 Å². The van der Waals surface area contributed by atoms with Crippen LogP contribution in [0.1, 0.15) is 5.56 Å². The zero-order valence-electron chi connectivity index (χ0n) is 9.32. The van der Waals surface area contributed by atoms with Crippen LogP contribution in [0.2, 0.25) is 0 Å². The minimum atomic E-state index is -4.56. The molecule has 2 N–H and O–H groups in total. The van der Waals surface area contributed by atoms with Crippen molar-refractivity contribution < 1.29 is 27.2 Å². The second-order valence-corrected chi connectivity index (χ2v) is 3.84. The second-order valence-electron chi connectivity index (χ2n) is 3.84. The molecule has 2 aromatic rings. The van der Waals surface area contributed by atoms with Crippen LogP contribution >= 0.6 is 0 Å². The molecule has 1 aliphatic rings. The van der Waals surface area contributed by atoms with Crippen LogP contribution in [0, 0.1) is 0 Å². The first-order chi connectivity index (χ1) is 8.97. The molecule has 0 radical (unpaired) electrons. The van der Waals surface area contributed by atoms with E-state index < -0.39 is 11.7 Å². The fraction of sp³-hybridized carbons (Fsp3) is 0.182. The minimum Gasteiger partial charge on any atom is -0.454 e. The number of nitrogen functional groups attached to an aromatic ring is 1. The van der Waals surface area contributed by atoms with E-state index in [9.17, 15) is 13.2 Å². The quantitative estimate of drug-likeness (QED) is 0.864. The van der Waals surface area contributed by atoms with Gasteiger partial charge < -0.3 is 19.7 Å². The summed E-state index contributed by atoms with van der Waals surface area (Å²) in [6.07, 6.45) is -4.56. The number of rotatable bonds is 1. The predicted molar refractivity (Wildman–Crippen MR) is 57.5 cm³/mol. The van der Waals surface area contributed by atoms with E-state index in [1.54, 1.807) is 0 Å². The van der Waals surface area contributed by atoms with E-state index in [1.807, 2.05) is 0 Å². The molecule has 100 valence electrons. The maximum absolute atomic E-state index is 13.0. The number of anilines is 1. The lowest BCUT2D eigenvalue weighted by Gasteiger charge is -2.12. The van der Waals surface area contributed by atoms with Crippen molar-refractivity contribution in [3.05, 3.63) is 23.8 Å². The summed E-state index contributed by atoms with van der Waals surface area (Å²) < 4.78 is 54.0. The molecule has 1 aliphatic heterocycles. The van der Waals surface area contributed by atoms with Gasteiger partial charge in [-0.2, -0.15) is 13.2 Å². The second kappa shape index (κ2) is 3.81. The number of hydrogen-bond acceptors (Lipinski definition) is 5. The Morgan fingerprint density at radius 3 is 2.63 bits per heavy atom. The van der Waals surface area contributed by atoms with Crippen molar-refractivity contribution in [3.63, 3.8) is 0 Å². The van der Waals surface area contributed by atoms with Crippen molar-refractivity contribution in [2.45, 2.75) is 6.18 Å². The van der Waals surface area contributed by atoms with Crippen LogP contribution in [0.5, 0.6) is 11.5 Å². The van der Waals surface area contributed by atoms with Gasteiger partial charge in [0.05, 0.1) is 11.1 Å². The Kier molecular flexibility index (Phi) is 2.34. The first-order valence-corrected chi connectivity index (χ1v) is 5.19. The highest BCUT2D eigenvalue weighted by Gasteiger charge is 2.38. The molecule has 2 heterocycles. The van der Waals surface area contributed by atoms with Gasteiger partial charge in [0.15, 0.2) is 23.1 Å². The fourth-order valence-electron chi connectivity index (χ4n) is 1.86. The Balaban J connectivity index is 2.28. The van der Waals surface area contributed by atoms with E-state index in [1.165, 1.54) is 12.1 Å². The van der Waals surface area contributed by atoms with Gasteiger partial charge in [0, 0.05) is 6.07 Å². The van der Waals surface area contributed by atoms with Gasteiger partial charge in [-0.3, -0.25) is 0 Å². The largest absolute Gasteiger partial charge is 0.454 e. The monoisotopic (exact) mass is 272 g/mol. The van der Waals surface area contributed by atoms with Gasteiger partial charge in [-0.05, 0) is 12.1 Å². The molecular formula is C11H7F3N2O3. The van der Waals surface area contributed by atoms with E-state index in [4.69, 9.17) is 19.7 Å². The Morgan fingerprint density at radius 2 is 2.00 bits per heavy atom. The van der Waals surface area contributed by atoms with Gasteiger partial charge in [-0.25, -0.2) is 0 Å². The summed E-state index contributed by atoms with van der Waals surface area (Å²) in [7, 11) is 0. The number of nitrogens with zero attached hydrogens (tertiary/aromatic N) is 1. The molecular weight excluding hydrogens is 265 g/mol. The van der Waals surface area contributed by atoms with Gasteiger partial charge in [-0.1, -0.05) is 5.16 Å². The number of benzene rings is 1. The van der Waals surface area contributed by atoms with Crippen LogP contribution in [0.4, 0.5) is 19.0 Å². The molecule has 19 heavy (non-hydrogen) atoms. The summed E-state index contributed by atoms with van der Waals surface area (Å²) in [6, 6.07) is 3.31. The van der Waals surface area contributed by atoms with Gasteiger partial charge in [0.1, 0.15) is 0 Å². The SMILES string of the molecule is Nc1cc(-c2c(C(F)(F)F)ccc3c2OCO3)on1. The molecule has 1 aromatic carbocycles. The number of halogens is 3. The zero-order valence-corrected chi connectivity index (χ0v) is 9.32. The van der Waals surface area contributed by atoms with Crippen LogP contribution in [-0.2, 0) is 6.18 Å². The van der Waals surface area contributed by atoms with Gasteiger partial charge >= 0.3 is 6.18 Å².